The summed E-state index contributed by atoms with van der Waals surface area (Å²) in [7, 11) is 0. The number of benzene rings is 2. The standard InChI is InChI=1S/C17H17Cl2N/c18-16-6-3-7-17(19)15(16)11-20-14-9-8-12-4-1-2-5-13(12)10-14/h1-7,14,20H,8-11H2. The quantitative estimate of drug-likeness (QED) is 0.871. The highest BCUT2D eigenvalue weighted by Gasteiger charge is 2.18. The average Bonchev–Trinajstić information content (AvgIpc) is 2.46. The second kappa shape index (κ2) is 6.17. The molecule has 0 spiro atoms. The first kappa shape index (κ1) is 13.9. The van der Waals surface area contributed by atoms with Gasteiger partial charge in [-0.05, 0) is 42.5 Å². The third kappa shape index (κ3) is 3.01. The molecule has 0 heterocycles. The van der Waals surface area contributed by atoms with Crippen molar-refractivity contribution < 1.29 is 0 Å². The van der Waals surface area contributed by atoms with Crippen LogP contribution >= 0.6 is 23.2 Å². The minimum atomic E-state index is 0.497. The lowest BCUT2D eigenvalue weighted by atomic mass is 9.88. The molecular weight excluding hydrogens is 289 g/mol. The fourth-order valence-corrected chi connectivity index (χ4v) is 3.35. The Morgan fingerprint density at radius 3 is 2.40 bits per heavy atom. The normalized spacial score (nSPS) is 17.8. The van der Waals surface area contributed by atoms with E-state index in [1.807, 2.05) is 18.2 Å². The Bertz CT molecular complexity index is 589. The molecule has 2 aromatic rings. The minimum Gasteiger partial charge on any atom is -0.309 e. The van der Waals surface area contributed by atoms with E-state index in [1.54, 1.807) is 0 Å². The van der Waals surface area contributed by atoms with E-state index in [9.17, 15) is 0 Å². The molecule has 0 saturated carbocycles. The van der Waals surface area contributed by atoms with Crippen molar-refractivity contribution in [2.24, 2.45) is 0 Å². The van der Waals surface area contributed by atoms with Crippen molar-refractivity contribution in [1.82, 2.24) is 5.32 Å². The van der Waals surface area contributed by atoms with Crippen LogP contribution in [0, 0.1) is 0 Å². The van der Waals surface area contributed by atoms with E-state index in [-0.39, 0.29) is 0 Å². The summed E-state index contributed by atoms with van der Waals surface area (Å²) in [6, 6.07) is 14.9. The molecule has 20 heavy (non-hydrogen) atoms. The average molecular weight is 306 g/mol. The molecule has 1 unspecified atom stereocenters. The number of hydrogen-bond donors (Lipinski definition) is 1. The zero-order chi connectivity index (χ0) is 13.9. The van der Waals surface area contributed by atoms with Crippen LogP contribution < -0.4 is 5.32 Å². The summed E-state index contributed by atoms with van der Waals surface area (Å²) in [6.07, 6.45) is 3.39. The van der Waals surface area contributed by atoms with Crippen LogP contribution in [-0.2, 0) is 19.4 Å². The molecule has 0 bridgehead atoms. The van der Waals surface area contributed by atoms with Crippen LogP contribution in [0.4, 0.5) is 0 Å². The molecule has 1 N–H and O–H groups in total. The van der Waals surface area contributed by atoms with Crippen molar-refractivity contribution in [1.29, 1.82) is 0 Å². The monoisotopic (exact) mass is 305 g/mol. The molecule has 0 radical (unpaired) electrons. The number of rotatable bonds is 3. The maximum absolute atomic E-state index is 6.20. The lowest BCUT2D eigenvalue weighted by Gasteiger charge is -2.26. The predicted octanol–water partition coefficient (Wildman–Crippen LogP) is 4.64. The molecule has 2 aromatic carbocycles. The number of hydrogen-bond acceptors (Lipinski definition) is 1. The molecule has 0 aliphatic heterocycles. The van der Waals surface area contributed by atoms with Gasteiger partial charge in [0.25, 0.3) is 0 Å². The van der Waals surface area contributed by atoms with Gasteiger partial charge in [-0.25, -0.2) is 0 Å². The molecule has 1 nitrogen and oxygen atoms in total. The van der Waals surface area contributed by atoms with Gasteiger partial charge in [-0.1, -0.05) is 53.5 Å². The van der Waals surface area contributed by atoms with Crippen LogP contribution in [-0.4, -0.2) is 6.04 Å². The first-order valence-corrected chi connectivity index (χ1v) is 7.72. The molecule has 1 aliphatic rings. The van der Waals surface area contributed by atoms with Crippen molar-refractivity contribution in [2.75, 3.05) is 0 Å². The second-order valence-corrected chi connectivity index (χ2v) is 6.10. The van der Waals surface area contributed by atoms with Gasteiger partial charge in [-0.3, -0.25) is 0 Å². The van der Waals surface area contributed by atoms with Gasteiger partial charge in [-0.2, -0.15) is 0 Å². The van der Waals surface area contributed by atoms with E-state index in [4.69, 9.17) is 23.2 Å². The topological polar surface area (TPSA) is 12.0 Å². The molecule has 1 atom stereocenters. The molecule has 1 aliphatic carbocycles. The van der Waals surface area contributed by atoms with Crippen molar-refractivity contribution in [3.63, 3.8) is 0 Å². The SMILES string of the molecule is Clc1cccc(Cl)c1CNC1CCc2ccccc2C1. The summed E-state index contributed by atoms with van der Waals surface area (Å²) in [5, 5.41) is 5.07. The van der Waals surface area contributed by atoms with Crippen molar-refractivity contribution in [2.45, 2.75) is 31.8 Å². The third-order valence-corrected chi connectivity index (χ3v) is 4.68. The smallest absolute Gasteiger partial charge is 0.0465 e. The zero-order valence-electron chi connectivity index (χ0n) is 11.2. The summed E-state index contributed by atoms with van der Waals surface area (Å²) in [5.41, 5.74) is 3.94. The lowest BCUT2D eigenvalue weighted by Crippen LogP contribution is -2.34. The van der Waals surface area contributed by atoms with Crippen LogP contribution in [0.2, 0.25) is 10.0 Å². The van der Waals surface area contributed by atoms with Gasteiger partial charge < -0.3 is 5.32 Å². The first-order chi connectivity index (χ1) is 9.74. The first-order valence-electron chi connectivity index (χ1n) is 6.97. The van der Waals surface area contributed by atoms with Gasteiger partial charge in [0.1, 0.15) is 0 Å². The Kier molecular flexibility index (Phi) is 4.30. The molecule has 0 fully saturated rings. The van der Waals surface area contributed by atoms with Crippen molar-refractivity contribution in [3.8, 4) is 0 Å². The predicted molar refractivity (Wildman–Crippen MR) is 85.6 cm³/mol. The summed E-state index contributed by atoms with van der Waals surface area (Å²) in [4.78, 5) is 0. The van der Waals surface area contributed by atoms with Crippen LogP contribution in [0.1, 0.15) is 23.1 Å². The molecule has 0 saturated heterocycles. The van der Waals surface area contributed by atoms with Gasteiger partial charge in [0.05, 0.1) is 0 Å². The van der Waals surface area contributed by atoms with Gasteiger partial charge in [0.15, 0.2) is 0 Å². The Hall–Kier alpha value is -1.02. The number of halogens is 2. The highest BCUT2D eigenvalue weighted by Crippen LogP contribution is 2.25. The van der Waals surface area contributed by atoms with Crippen molar-refractivity contribution in [3.05, 3.63) is 69.2 Å². The molecule has 3 rings (SSSR count). The van der Waals surface area contributed by atoms with Gasteiger partial charge in [-0.15, -0.1) is 0 Å². The molecule has 0 amide bonds. The fraction of sp³-hybridized carbons (Fsp3) is 0.294. The summed E-state index contributed by atoms with van der Waals surface area (Å²) in [5.74, 6) is 0. The summed E-state index contributed by atoms with van der Waals surface area (Å²) >= 11 is 12.4. The van der Waals surface area contributed by atoms with Gasteiger partial charge in [0.2, 0.25) is 0 Å². The highest BCUT2D eigenvalue weighted by atomic mass is 35.5. The second-order valence-electron chi connectivity index (χ2n) is 5.29. The third-order valence-electron chi connectivity index (χ3n) is 3.98. The van der Waals surface area contributed by atoms with E-state index in [1.165, 1.54) is 17.5 Å². The zero-order valence-corrected chi connectivity index (χ0v) is 12.7. The minimum absolute atomic E-state index is 0.497. The van der Waals surface area contributed by atoms with E-state index in [0.29, 0.717) is 6.04 Å². The highest BCUT2D eigenvalue weighted by molar-refractivity contribution is 6.35. The molecule has 104 valence electrons. The Morgan fingerprint density at radius 2 is 1.65 bits per heavy atom. The van der Waals surface area contributed by atoms with Crippen molar-refractivity contribution >= 4 is 23.2 Å². The Morgan fingerprint density at radius 1 is 0.950 bits per heavy atom. The van der Waals surface area contributed by atoms with E-state index in [2.05, 4.69) is 29.6 Å². The van der Waals surface area contributed by atoms with Crippen LogP contribution in [0.5, 0.6) is 0 Å². The maximum Gasteiger partial charge on any atom is 0.0465 e. The Labute approximate surface area is 129 Å². The number of aryl methyl sites for hydroxylation is 1. The fourth-order valence-electron chi connectivity index (χ4n) is 2.82. The van der Waals surface area contributed by atoms with E-state index in [0.717, 1.165) is 35.0 Å². The summed E-state index contributed by atoms with van der Waals surface area (Å²) < 4.78 is 0. The van der Waals surface area contributed by atoms with Crippen LogP contribution in [0.25, 0.3) is 0 Å². The number of fused-ring (bicyclic) bond motifs is 1. The Balaban J connectivity index is 1.66. The van der Waals surface area contributed by atoms with Crippen LogP contribution in [0.3, 0.4) is 0 Å². The van der Waals surface area contributed by atoms with E-state index < -0.39 is 0 Å². The molecule has 3 heteroatoms. The van der Waals surface area contributed by atoms with Gasteiger partial charge in [0, 0.05) is 28.2 Å². The molecular formula is C17H17Cl2N. The molecule has 0 aromatic heterocycles. The lowest BCUT2D eigenvalue weighted by molar-refractivity contribution is 0.458. The van der Waals surface area contributed by atoms with Gasteiger partial charge >= 0.3 is 0 Å². The summed E-state index contributed by atoms with van der Waals surface area (Å²) in [6.45, 7) is 0.728. The van der Waals surface area contributed by atoms with E-state index >= 15 is 0 Å². The largest absolute Gasteiger partial charge is 0.309 e. The van der Waals surface area contributed by atoms with Crippen LogP contribution in [0.15, 0.2) is 42.5 Å². The maximum atomic E-state index is 6.20. The number of nitrogens with one attached hydrogen (secondary N) is 1.